The van der Waals surface area contributed by atoms with Gasteiger partial charge in [0.05, 0.1) is 10.6 Å². The molecule has 0 unspecified atom stereocenters. The van der Waals surface area contributed by atoms with Gasteiger partial charge >= 0.3 is 5.97 Å². The largest absolute Gasteiger partial charge is 0.478 e. The fraction of sp³-hybridized carbons (Fsp3) is 0.0833. The Hall–Kier alpha value is -1.81. The van der Waals surface area contributed by atoms with Crippen LogP contribution in [0.5, 0.6) is 0 Å². The van der Waals surface area contributed by atoms with E-state index in [0.717, 1.165) is 10.6 Å². The summed E-state index contributed by atoms with van der Waals surface area (Å²) in [6.07, 6.45) is 0. The summed E-state index contributed by atoms with van der Waals surface area (Å²) in [6, 6.07) is 10.9. The van der Waals surface area contributed by atoms with Gasteiger partial charge in [0, 0.05) is 6.54 Å². The Bertz CT molecular complexity index is 462. The van der Waals surface area contributed by atoms with Crippen LogP contribution in [0, 0.1) is 0 Å². The quantitative estimate of drug-likeness (QED) is 0.853. The molecular formula is C12H11NO2S. The van der Waals surface area contributed by atoms with Crippen LogP contribution in [-0.2, 0) is 6.54 Å². The van der Waals surface area contributed by atoms with Crippen LogP contribution in [0.4, 0.5) is 5.00 Å². The number of rotatable bonds is 4. The van der Waals surface area contributed by atoms with E-state index < -0.39 is 5.97 Å². The van der Waals surface area contributed by atoms with Crippen LogP contribution in [0.25, 0.3) is 0 Å². The van der Waals surface area contributed by atoms with Crippen molar-refractivity contribution in [2.45, 2.75) is 6.54 Å². The lowest BCUT2D eigenvalue weighted by Crippen LogP contribution is -1.99. The van der Waals surface area contributed by atoms with Crippen LogP contribution in [0.1, 0.15) is 15.9 Å². The number of anilines is 1. The molecule has 0 fully saturated rings. The Morgan fingerprint density at radius 2 is 2.00 bits per heavy atom. The summed E-state index contributed by atoms with van der Waals surface area (Å²) in [5, 5.41) is 15.1. The van der Waals surface area contributed by atoms with Gasteiger partial charge in [-0.25, -0.2) is 4.79 Å². The predicted molar refractivity (Wildman–Crippen MR) is 65.0 cm³/mol. The highest BCUT2D eigenvalue weighted by molar-refractivity contribution is 7.14. The van der Waals surface area contributed by atoms with Gasteiger partial charge < -0.3 is 10.4 Å². The molecule has 1 heterocycles. The zero-order valence-corrected chi connectivity index (χ0v) is 9.33. The topological polar surface area (TPSA) is 49.3 Å². The normalized spacial score (nSPS) is 10.0. The van der Waals surface area contributed by atoms with E-state index in [-0.39, 0.29) is 0 Å². The first-order valence-electron chi connectivity index (χ1n) is 4.85. The maximum Gasteiger partial charge on any atom is 0.335 e. The van der Waals surface area contributed by atoms with Crippen molar-refractivity contribution >= 4 is 22.3 Å². The Morgan fingerprint density at radius 3 is 2.56 bits per heavy atom. The molecule has 0 bridgehead atoms. The zero-order valence-electron chi connectivity index (χ0n) is 8.51. The minimum atomic E-state index is -0.891. The molecule has 0 spiro atoms. The SMILES string of the molecule is O=C(O)c1ccc(CNc2cccs2)cc1. The van der Waals surface area contributed by atoms with Crippen LogP contribution in [-0.4, -0.2) is 11.1 Å². The van der Waals surface area contributed by atoms with Gasteiger partial charge in [-0.15, -0.1) is 11.3 Å². The van der Waals surface area contributed by atoms with Crippen molar-refractivity contribution in [2.24, 2.45) is 0 Å². The molecule has 1 aromatic heterocycles. The average Bonchev–Trinajstić information content (AvgIpc) is 2.80. The number of thiophene rings is 1. The van der Waals surface area contributed by atoms with Crippen LogP contribution in [0.3, 0.4) is 0 Å². The van der Waals surface area contributed by atoms with Crippen molar-refractivity contribution < 1.29 is 9.90 Å². The molecule has 4 heteroatoms. The van der Waals surface area contributed by atoms with Crippen LogP contribution in [0.15, 0.2) is 41.8 Å². The van der Waals surface area contributed by atoms with Gasteiger partial charge in [0.1, 0.15) is 0 Å². The highest BCUT2D eigenvalue weighted by Gasteiger charge is 2.01. The Labute approximate surface area is 97.4 Å². The zero-order chi connectivity index (χ0) is 11.4. The summed E-state index contributed by atoms with van der Waals surface area (Å²) in [7, 11) is 0. The fourth-order valence-electron chi connectivity index (χ4n) is 1.33. The van der Waals surface area contributed by atoms with Crippen molar-refractivity contribution in [3.63, 3.8) is 0 Å². The van der Waals surface area contributed by atoms with Crippen LogP contribution >= 0.6 is 11.3 Å². The molecule has 3 nitrogen and oxygen atoms in total. The van der Waals surface area contributed by atoms with E-state index >= 15 is 0 Å². The molecule has 82 valence electrons. The molecule has 2 N–H and O–H groups in total. The summed E-state index contributed by atoms with van der Waals surface area (Å²) >= 11 is 1.64. The summed E-state index contributed by atoms with van der Waals surface area (Å²) in [5.74, 6) is -0.891. The number of carboxylic acids is 1. The Morgan fingerprint density at radius 1 is 1.25 bits per heavy atom. The molecule has 0 radical (unpaired) electrons. The summed E-state index contributed by atoms with van der Waals surface area (Å²) < 4.78 is 0. The number of carbonyl (C=O) groups is 1. The second-order valence-corrected chi connectivity index (χ2v) is 4.28. The fourth-order valence-corrected chi connectivity index (χ4v) is 1.95. The maximum atomic E-state index is 10.6. The standard InChI is InChI=1S/C12H11NO2S/c14-12(15)10-5-3-9(4-6-10)8-13-11-2-1-7-16-11/h1-7,13H,8H2,(H,14,15). The molecule has 0 aliphatic rings. The molecule has 2 aromatic rings. The number of benzene rings is 1. The van der Waals surface area contributed by atoms with Crippen molar-refractivity contribution in [3.05, 3.63) is 52.9 Å². The second-order valence-electron chi connectivity index (χ2n) is 3.33. The Kier molecular flexibility index (Phi) is 3.22. The molecule has 0 amide bonds. The van der Waals surface area contributed by atoms with E-state index in [4.69, 9.17) is 5.11 Å². The lowest BCUT2D eigenvalue weighted by Gasteiger charge is -2.03. The van der Waals surface area contributed by atoms with Gasteiger partial charge in [-0.1, -0.05) is 12.1 Å². The predicted octanol–water partition coefficient (Wildman–Crippen LogP) is 3.06. The van der Waals surface area contributed by atoms with Gasteiger partial charge in [0.25, 0.3) is 0 Å². The van der Waals surface area contributed by atoms with Crippen molar-refractivity contribution in [3.8, 4) is 0 Å². The molecular weight excluding hydrogens is 222 g/mol. The monoisotopic (exact) mass is 233 g/mol. The first-order chi connectivity index (χ1) is 7.75. The third-order valence-electron chi connectivity index (χ3n) is 2.19. The lowest BCUT2D eigenvalue weighted by atomic mass is 10.1. The number of hydrogen-bond donors (Lipinski definition) is 2. The van der Waals surface area contributed by atoms with E-state index in [1.54, 1.807) is 23.5 Å². The molecule has 0 aliphatic heterocycles. The van der Waals surface area contributed by atoms with Crippen LogP contribution < -0.4 is 5.32 Å². The van der Waals surface area contributed by atoms with Gasteiger partial charge in [0.15, 0.2) is 0 Å². The van der Waals surface area contributed by atoms with E-state index in [0.29, 0.717) is 12.1 Å². The lowest BCUT2D eigenvalue weighted by molar-refractivity contribution is 0.0697. The van der Waals surface area contributed by atoms with Gasteiger partial charge in [-0.05, 0) is 35.2 Å². The first kappa shape index (κ1) is 10.7. The summed E-state index contributed by atoms with van der Waals surface area (Å²) in [5.41, 5.74) is 1.39. The molecule has 0 saturated carbocycles. The minimum Gasteiger partial charge on any atom is -0.478 e. The maximum absolute atomic E-state index is 10.6. The highest BCUT2D eigenvalue weighted by Crippen LogP contribution is 2.16. The van der Waals surface area contributed by atoms with Crippen LogP contribution in [0.2, 0.25) is 0 Å². The number of carboxylic acid groups (broad SMARTS) is 1. The minimum absolute atomic E-state index is 0.319. The summed E-state index contributed by atoms with van der Waals surface area (Å²) in [4.78, 5) is 10.6. The molecule has 0 atom stereocenters. The van der Waals surface area contributed by atoms with Gasteiger partial charge in [-0.2, -0.15) is 0 Å². The van der Waals surface area contributed by atoms with Crippen molar-refractivity contribution in [1.29, 1.82) is 0 Å². The van der Waals surface area contributed by atoms with E-state index in [2.05, 4.69) is 5.32 Å². The average molecular weight is 233 g/mol. The van der Waals surface area contributed by atoms with E-state index in [1.165, 1.54) is 0 Å². The molecule has 2 rings (SSSR count). The van der Waals surface area contributed by atoms with E-state index in [1.807, 2.05) is 29.6 Å². The number of nitrogens with one attached hydrogen (secondary N) is 1. The smallest absolute Gasteiger partial charge is 0.335 e. The number of hydrogen-bond acceptors (Lipinski definition) is 3. The molecule has 0 aliphatic carbocycles. The third kappa shape index (κ3) is 2.61. The van der Waals surface area contributed by atoms with Gasteiger partial charge in [0.2, 0.25) is 0 Å². The van der Waals surface area contributed by atoms with Crippen molar-refractivity contribution in [2.75, 3.05) is 5.32 Å². The van der Waals surface area contributed by atoms with E-state index in [9.17, 15) is 4.79 Å². The summed E-state index contributed by atoms with van der Waals surface area (Å²) in [6.45, 7) is 0.709. The Balaban J connectivity index is 1.98. The highest BCUT2D eigenvalue weighted by atomic mass is 32.1. The third-order valence-corrected chi connectivity index (χ3v) is 3.02. The molecule has 16 heavy (non-hydrogen) atoms. The first-order valence-corrected chi connectivity index (χ1v) is 5.73. The van der Waals surface area contributed by atoms with Gasteiger partial charge in [-0.3, -0.25) is 0 Å². The molecule has 1 aromatic carbocycles. The second kappa shape index (κ2) is 4.81. The molecule has 0 saturated heterocycles. The number of aromatic carboxylic acids is 1. The van der Waals surface area contributed by atoms with Crippen molar-refractivity contribution in [1.82, 2.24) is 0 Å².